The Morgan fingerprint density at radius 3 is 2.57 bits per heavy atom. The number of carbonyl (C=O) groups excluding carboxylic acids is 1. The zero-order valence-electron chi connectivity index (χ0n) is 15.0. The van der Waals surface area contributed by atoms with Crippen LogP contribution in [-0.4, -0.2) is 27.8 Å². The van der Waals surface area contributed by atoms with Crippen LogP contribution in [0.3, 0.4) is 0 Å². The Hall–Kier alpha value is -2.77. The molecule has 6 nitrogen and oxygen atoms in total. The first-order valence-electron chi connectivity index (χ1n) is 8.62. The first kappa shape index (κ1) is 20.0. The minimum absolute atomic E-state index is 0.123. The van der Waals surface area contributed by atoms with Gasteiger partial charge in [-0.25, -0.2) is 0 Å². The number of thioether (sulfide) groups is 1. The van der Waals surface area contributed by atoms with E-state index in [4.69, 9.17) is 17.3 Å². The molecule has 8 heteroatoms. The summed E-state index contributed by atoms with van der Waals surface area (Å²) in [4.78, 5) is 28.0. The van der Waals surface area contributed by atoms with Crippen molar-refractivity contribution in [3.63, 3.8) is 0 Å². The maximum atomic E-state index is 12.2. The molecule has 0 saturated heterocycles. The molecule has 0 aliphatic carbocycles. The number of nitrogens with zero attached hydrogens (tertiary/aromatic N) is 2. The van der Waals surface area contributed by atoms with Crippen LogP contribution >= 0.6 is 23.4 Å². The molecule has 3 N–H and O–H groups in total. The fourth-order valence-corrected chi connectivity index (χ4v) is 3.58. The molecule has 0 unspecified atom stereocenters. The van der Waals surface area contributed by atoms with Crippen LogP contribution in [0.2, 0.25) is 5.02 Å². The topological polar surface area (TPSA) is 90.0 Å². The summed E-state index contributed by atoms with van der Waals surface area (Å²) in [5.74, 6) is 0.229. The molecule has 28 heavy (non-hydrogen) atoms. The summed E-state index contributed by atoms with van der Waals surface area (Å²) in [5.41, 5.74) is 7.44. The lowest BCUT2D eigenvalue weighted by Crippen LogP contribution is -2.27. The summed E-state index contributed by atoms with van der Waals surface area (Å²) in [5, 5.41) is 3.81. The Balaban J connectivity index is 1.65. The van der Waals surface area contributed by atoms with Crippen LogP contribution in [-0.2, 0) is 11.2 Å². The van der Waals surface area contributed by atoms with Crippen LogP contribution in [0.15, 0.2) is 70.6 Å². The zero-order chi connectivity index (χ0) is 19.9. The molecule has 1 aromatic heterocycles. The van der Waals surface area contributed by atoms with Gasteiger partial charge in [0.15, 0.2) is 5.16 Å². The number of aromatic nitrogens is 2. The summed E-state index contributed by atoms with van der Waals surface area (Å²) >= 11 is 7.09. The Kier molecular flexibility index (Phi) is 6.73. The summed E-state index contributed by atoms with van der Waals surface area (Å²) in [6.45, 7) is 0.539. The van der Waals surface area contributed by atoms with Gasteiger partial charge in [0.05, 0.1) is 5.75 Å². The van der Waals surface area contributed by atoms with Crippen LogP contribution in [0.25, 0.3) is 5.69 Å². The van der Waals surface area contributed by atoms with Gasteiger partial charge in [-0.15, -0.1) is 0 Å². The van der Waals surface area contributed by atoms with Crippen molar-refractivity contribution in [2.45, 2.75) is 11.6 Å². The van der Waals surface area contributed by atoms with Gasteiger partial charge in [-0.1, -0.05) is 53.7 Å². The molecule has 0 bridgehead atoms. The number of carbonyl (C=O) groups is 1. The second kappa shape index (κ2) is 9.43. The van der Waals surface area contributed by atoms with Crippen molar-refractivity contribution in [1.29, 1.82) is 0 Å². The lowest BCUT2D eigenvalue weighted by Gasteiger charge is -2.14. The Bertz CT molecular complexity index is 1010. The van der Waals surface area contributed by atoms with E-state index in [2.05, 4.69) is 10.3 Å². The monoisotopic (exact) mass is 414 g/mol. The van der Waals surface area contributed by atoms with Gasteiger partial charge in [0.25, 0.3) is 5.56 Å². The fourth-order valence-electron chi connectivity index (χ4n) is 2.60. The standard InChI is InChI=1S/C20H19ClN4O2S/c21-15-6-8-16(9-7-15)25-17(22)12-18(26)24-20(25)28-13-19(27)23-11-10-14-4-2-1-3-5-14/h1-9,12H,10-11,13,22H2,(H,23,27). The highest BCUT2D eigenvalue weighted by molar-refractivity contribution is 7.99. The van der Waals surface area contributed by atoms with Crippen molar-refractivity contribution in [3.8, 4) is 5.69 Å². The molecule has 3 aromatic rings. The first-order valence-corrected chi connectivity index (χ1v) is 9.98. The molecule has 0 saturated carbocycles. The highest BCUT2D eigenvalue weighted by Gasteiger charge is 2.12. The Morgan fingerprint density at radius 2 is 1.86 bits per heavy atom. The number of rotatable bonds is 7. The van der Waals surface area contributed by atoms with Crippen molar-refractivity contribution in [3.05, 3.63) is 81.6 Å². The van der Waals surface area contributed by atoms with Crippen LogP contribution in [0.4, 0.5) is 5.82 Å². The number of hydrogen-bond donors (Lipinski definition) is 2. The summed E-state index contributed by atoms with van der Waals surface area (Å²) < 4.78 is 1.62. The Labute approximate surface area is 171 Å². The minimum atomic E-state index is -0.449. The molecule has 0 spiro atoms. The van der Waals surface area contributed by atoms with Gasteiger partial charge in [0, 0.05) is 23.3 Å². The van der Waals surface area contributed by atoms with E-state index < -0.39 is 5.56 Å². The third-order valence-corrected chi connectivity index (χ3v) is 5.11. The largest absolute Gasteiger partial charge is 0.385 e. The van der Waals surface area contributed by atoms with Gasteiger partial charge in [0.1, 0.15) is 5.82 Å². The number of hydrogen-bond acceptors (Lipinski definition) is 5. The molecule has 0 fully saturated rings. The summed E-state index contributed by atoms with van der Waals surface area (Å²) in [6.07, 6.45) is 0.753. The number of amides is 1. The molecule has 0 radical (unpaired) electrons. The fraction of sp³-hybridized carbons (Fsp3) is 0.150. The van der Waals surface area contributed by atoms with Crippen molar-refractivity contribution >= 4 is 35.1 Å². The lowest BCUT2D eigenvalue weighted by molar-refractivity contribution is -0.118. The van der Waals surface area contributed by atoms with Crippen molar-refractivity contribution in [1.82, 2.24) is 14.9 Å². The number of halogens is 1. The number of anilines is 1. The van der Waals surface area contributed by atoms with Gasteiger partial charge < -0.3 is 11.1 Å². The normalized spacial score (nSPS) is 10.6. The van der Waals surface area contributed by atoms with Crippen LogP contribution < -0.4 is 16.6 Å². The number of nitrogens with one attached hydrogen (secondary N) is 1. The molecule has 0 aliphatic heterocycles. The lowest BCUT2D eigenvalue weighted by atomic mass is 10.1. The van der Waals surface area contributed by atoms with Gasteiger partial charge in [-0.2, -0.15) is 4.98 Å². The molecule has 2 aromatic carbocycles. The second-order valence-corrected chi connectivity index (χ2v) is 7.37. The molecule has 3 rings (SSSR count). The van der Waals surface area contributed by atoms with Crippen LogP contribution in [0, 0.1) is 0 Å². The molecule has 1 amide bonds. The molecular weight excluding hydrogens is 396 g/mol. The highest BCUT2D eigenvalue weighted by Crippen LogP contribution is 2.23. The van der Waals surface area contributed by atoms with Gasteiger partial charge >= 0.3 is 0 Å². The van der Waals surface area contributed by atoms with Gasteiger partial charge in [-0.3, -0.25) is 14.2 Å². The predicted molar refractivity (Wildman–Crippen MR) is 113 cm³/mol. The van der Waals surface area contributed by atoms with Crippen LogP contribution in [0.5, 0.6) is 0 Å². The molecule has 1 heterocycles. The predicted octanol–water partition coefficient (Wildman–Crippen LogP) is 2.92. The van der Waals surface area contributed by atoms with Crippen molar-refractivity contribution in [2.75, 3.05) is 18.0 Å². The van der Waals surface area contributed by atoms with E-state index in [0.29, 0.717) is 22.4 Å². The maximum absolute atomic E-state index is 12.2. The summed E-state index contributed by atoms with van der Waals surface area (Å²) in [7, 11) is 0. The summed E-state index contributed by atoms with van der Waals surface area (Å²) in [6, 6.07) is 18.2. The van der Waals surface area contributed by atoms with E-state index in [9.17, 15) is 9.59 Å². The van der Waals surface area contributed by atoms with E-state index in [1.54, 1.807) is 28.8 Å². The molecule has 144 valence electrons. The van der Waals surface area contributed by atoms with E-state index >= 15 is 0 Å². The second-order valence-electron chi connectivity index (χ2n) is 5.99. The molecular formula is C20H19ClN4O2S. The number of nitrogen functional groups attached to an aromatic ring is 1. The molecule has 0 aliphatic rings. The zero-order valence-corrected chi connectivity index (χ0v) is 16.5. The van der Waals surface area contributed by atoms with Crippen molar-refractivity contribution in [2.24, 2.45) is 0 Å². The minimum Gasteiger partial charge on any atom is -0.385 e. The average molecular weight is 415 g/mol. The van der Waals surface area contributed by atoms with Gasteiger partial charge in [-0.05, 0) is 36.2 Å². The quantitative estimate of drug-likeness (QED) is 0.458. The van der Waals surface area contributed by atoms with Crippen LogP contribution in [0.1, 0.15) is 5.56 Å². The highest BCUT2D eigenvalue weighted by atomic mass is 35.5. The molecule has 0 atom stereocenters. The van der Waals surface area contributed by atoms with Gasteiger partial charge in [0.2, 0.25) is 5.91 Å². The maximum Gasteiger partial charge on any atom is 0.275 e. The first-order chi connectivity index (χ1) is 13.5. The average Bonchev–Trinajstić information content (AvgIpc) is 2.68. The van der Waals surface area contributed by atoms with Crippen molar-refractivity contribution < 1.29 is 4.79 Å². The third-order valence-electron chi connectivity index (χ3n) is 3.92. The van der Waals surface area contributed by atoms with E-state index in [1.807, 2.05) is 30.3 Å². The van der Waals surface area contributed by atoms with E-state index in [0.717, 1.165) is 23.7 Å². The van der Waals surface area contributed by atoms with E-state index in [-0.39, 0.29) is 17.5 Å². The SMILES string of the molecule is Nc1cc(=O)nc(SCC(=O)NCCc2ccccc2)n1-c1ccc(Cl)cc1. The number of nitrogens with two attached hydrogens (primary N) is 1. The Morgan fingerprint density at radius 1 is 1.14 bits per heavy atom. The number of benzene rings is 2. The smallest absolute Gasteiger partial charge is 0.275 e. The third kappa shape index (κ3) is 5.37. The van der Waals surface area contributed by atoms with E-state index in [1.165, 1.54) is 6.07 Å².